The summed E-state index contributed by atoms with van der Waals surface area (Å²) in [7, 11) is 0. The maximum Gasteiger partial charge on any atom is 0.338 e. The fourth-order valence-corrected chi connectivity index (χ4v) is 5.14. The molecule has 4 rings (SSSR count). The van der Waals surface area contributed by atoms with Crippen LogP contribution in [-0.4, -0.2) is 78.0 Å². The molecule has 0 aromatic heterocycles. The van der Waals surface area contributed by atoms with E-state index in [-0.39, 0.29) is 24.6 Å². The van der Waals surface area contributed by atoms with Crippen LogP contribution in [0, 0.1) is 12.7 Å². The number of hydrogen-bond donors (Lipinski definition) is 1. The molecule has 0 aliphatic carbocycles. The SMILES string of the molecule is CCOC(=O)C1=C(CN2CCN(C(=O)c3cccc(F)c3)C(C)C2)N(CC)C(=O)NC1c1ccc(C)cc1. The van der Waals surface area contributed by atoms with Crippen LogP contribution in [0.3, 0.4) is 0 Å². The lowest BCUT2D eigenvalue weighted by Crippen LogP contribution is -2.56. The summed E-state index contributed by atoms with van der Waals surface area (Å²) in [4.78, 5) is 45.0. The van der Waals surface area contributed by atoms with E-state index in [1.165, 1.54) is 18.2 Å². The summed E-state index contributed by atoms with van der Waals surface area (Å²) in [5.74, 6) is -1.12. The summed E-state index contributed by atoms with van der Waals surface area (Å²) in [6, 6.07) is 12.4. The Morgan fingerprint density at radius 1 is 1.11 bits per heavy atom. The zero-order valence-corrected chi connectivity index (χ0v) is 22.4. The van der Waals surface area contributed by atoms with E-state index < -0.39 is 17.8 Å². The number of piperazine rings is 1. The third kappa shape index (κ3) is 5.72. The van der Waals surface area contributed by atoms with E-state index in [0.29, 0.717) is 49.6 Å². The average molecular weight is 523 g/mol. The van der Waals surface area contributed by atoms with Crippen molar-refractivity contribution in [2.24, 2.45) is 0 Å². The van der Waals surface area contributed by atoms with Gasteiger partial charge < -0.3 is 15.0 Å². The Labute approximate surface area is 223 Å². The molecule has 0 saturated carbocycles. The molecule has 2 aliphatic rings. The smallest absolute Gasteiger partial charge is 0.338 e. The molecule has 1 fully saturated rings. The van der Waals surface area contributed by atoms with Gasteiger partial charge in [0.15, 0.2) is 0 Å². The average Bonchev–Trinajstić information content (AvgIpc) is 2.89. The Morgan fingerprint density at radius 3 is 2.47 bits per heavy atom. The van der Waals surface area contributed by atoms with E-state index in [4.69, 9.17) is 4.74 Å². The first kappa shape index (κ1) is 27.3. The minimum Gasteiger partial charge on any atom is -0.463 e. The molecular weight excluding hydrogens is 487 g/mol. The summed E-state index contributed by atoms with van der Waals surface area (Å²) in [6.45, 7) is 10.0. The number of halogens is 1. The third-order valence-electron chi connectivity index (χ3n) is 7.08. The molecule has 2 atom stereocenters. The summed E-state index contributed by atoms with van der Waals surface area (Å²) in [5, 5.41) is 2.99. The van der Waals surface area contributed by atoms with E-state index in [0.717, 1.165) is 11.1 Å². The zero-order valence-electron chi connectivity index (χ0n) is 22.4. The van der Waals surface area contributed by atoms with Crippen molar-refractivity contribution >= 4 is 17.9 Å². The number of urea groups is 1. The number of nitrogens with one attached hydrogen (secondary N) is 1. The standard InChI is InChI=1S/C29H35FN4O4/c1-5-33-24(18-32-14-15-34(20(4)17-32)27(35)22-8-7-9-23(30)16-22)25(28(36)38-6-2)26(31-29(33)37)21-12-10-19(3)11-13-21/h7-13,16,20,26H,5-6,14-15,17-18H2,1-4H3,(H,31,37). The van der Waals surface area contributed by atoms with Gasteiger partial charge in [-0.3, -0.25) is 14.6 Å². The van der Waals surface area contributed by atoms with E-state index in [1.54, 1.807) is 22.8 Å². The number of amides is 3. The lowest BCUT2D eigenvalue weighted by Gasteiger charge is -2.43. The normalized spacial score (nSPS) is 20.4. The summed E-state index contributed by atoms with van der Waals surface area (Å²) in [5.41, 5.74) is 3.23. The van der Waals surface area contributed by atoms with Crippen molar-refractivity contribution in [1.29, 1.82) is 0 Å². The molecule has 1 N–H and O–H groups in total. The van der Waals surface area contributed by atoms with E-state index in [1.807, 2.05) is 45.0 Å². The van der Waals surface area contributed by atoms with Gasteiger partial charge in [0.25, 0.3) is 5.91 Å². The van der Waals surface area contributed by atoms with Crippen LogP contribution in [0.2, 0.25) is 0 Å². The van der Waals surface area contributed by atoms with Crippen LogP contribution < -0.4 is 5.32 Å². The molecule has 2 aliphatic heterocycles. The number of esters is 1. The van der Waals surface area contributed by atoms with Gasteiger partial charge in [0.05, 0.1) is 18.2 Å². The molecule has 202 valence electrons. The molecule has 2 unspecified atom stereocenters. The first-order valence-electron chi connectivity index (χ1n) is 13.1. The van der Waals surface area contributed by atoms with Gasteiger partial charge in [-0.2, -0.15) is 0 Å². The van der Waals surface area contributed by atoms with E-state index in [2.05, 4.69) is 10.2 Å². The van der Waals surface area contributed by atoms with Crippen molar-refractivity contribution in [2.45, 2.75) is 39.8 Å². The van der Waals surface area contributed by atoms with Gasteiger partial charge in [0.1, 0.15) is 5.82 Å². The molecule has 2 aromatic carbocycles. The molecule has 8 nitrogen and oxygen atoms in total. The quantitative estimate of drug-likeness (QED) is 0.558. The number of ether oxygens (including phenoxy) is 1. The Morgan fingerprint density at radius 2 is 1.84 bits per heavy atom. The predicted molar refractivity (Wildman–Crippen MR) is 142 cm³/mol. The molecule has 0 spiro atoms. The van der Waals surface area contributed by atoms with Crippen LogP contribution in [0.5, 0.6) is 0 Å². The first-order valence-corrected chi connectivity index (χ1v) is 13.1. The van der Waals surface area contributed by atoms with Crippen LogP contribution in [-0.2, 0) is 9.53 Å². The fraction of sp³-hybridized carbons (Fsp3) is 0.414. The second-order valence-corrected chi connectivity index (χ2v) is 9.71. The maximum atomic E-state index is 13.7. The summed E-state index contributed by atoms with van der Waals surface area (Å²) in [6.07, 6.45) is 0. The molecule has 2 aromatic rings. The Bertz CT molecular complexity index is 1230. The summed E-state index contributed by atoms with van der Waals surface area (Å²) < 4.78 is 19.1. The summed E-state index contributed by atoms with van der Waals surface area (Å²) >= 11 is 0. The maximum absolute atomic E-state index is 13.7. The third-order valence-corrected chi connectivity index (χ3v) is 7.08. The van der Waals surface area contributed by atoms with Gasteiger partial charge in [0.2, 0.25) is 0 Å². The van der Waals surface area contributed by atoms with Crippen molar-refractivity contribution in [3.63, 3.8) is 0 Å². The first-order chi connectivity index (χ1) is 18.2. The van der Waals surface area contributed by atoms with E-state index in [9.17, 15) is 18.8 Å². The Kier molecular flexibility index (Phi) is 8.46. The molecule has 38 heavy (non-hydrogen) atoms. The fourth-order valence-electron chi connectivity index (χ4n) is 5.14. The van der Waals surface area contributed by atoms with Gasteiger partial charge in [-0.25, -0.2) is 14.0 Å². The zero-order chi connectivity index (χ0) is 27.4. The topological polar surface area (TPSA) is 82.2 Å². The lowest BCUT2D eigenvalue weighted by molar-refractivity contribution is -0.139. The second kappa shape index (κ2) is 11.8. The molecule has 3 amide bonds. The molecule has 0 radical (unpaired) electrons. The van der Waals surface area contributed by atoms with Crippen LogP contribution in [0.4, 0.5) is 9.18 Å². The van der Waals surface area contributed by atoms with Crippen LogP contribution >= 0.6 is 0 Å². The highest BCUT2D eigenvalue weighted by Gasteiger charge is 2.39. The van der Waals surface area contributed by atoms with Crippen molar-refractivity contribution in [1.82, 2.24) is 20.0 Å². The molecule has 2 heterocycles. The lowest BCUT2D eigenvalue weighted by atomic mass is 9.93. The minimum atomic E-state index is -0.631. The van der Waals surface area contributed by atoms with Crippen LogP contribution in [0.1, 0.15) is 48.3 Å². The number of likely N-dealkylation sites (N-methyl/N-ethyl adjacent to an activating group) is 1. The van der Waals surface area contributed by atoms with E-state index >= 15 is 0 Å². The van der Waals surface area contributed by atoms with Crippen molar-refractivity contribution in [3.8, 4) is 0 Å². The largest absolute Gasteiger partial charge is 0.463 e. The highest BCUT2D eigenvalue weighted by atomic mass is 19.1. The molecule has 1 saturated heterocycles. The Hall–Kier alpha value is -3.72. The van der Waals surface area contributed by atoms with Gasteiger partial charge in [-0.1, -0.05) is 35.9 Å². The number of carbonyl (C=O) groups excluding carboxylic acids is 3. The number of hydrogen-bond acceptors (Lipinski definition) is 5. The highest BCUT2D eigenvalue weighted by Crippen LogP contribution is 2.32. The number of rotatable bonds is 7. The monoisotopic (exact) mass is 522 g/mol. The minimum absolute atomic E-state index is 0.147. The van der Waals surface area contributed by atoms with Gasteiger partial charge >= 0.3 is 12.0 Å². The van der Waals surface area contributed by atoms with Crippen LogP contribution in [0.25, 0.3) is 0 Å². The van der Waals surface area contributed by atoms with Crippen LogP contribution in [0.15, 0.2) is 59.8 Å². The van der Waals surface area contributed by atoms with Gasteiger partial charge in [-0.15, -0.1) is 0 Å². The highest BCUT2D eigenvalue weighted by molar-refractivity contribution is 5.95. The predicted octanol–water partition coefficient (Wildman–Crippen LogP) is 3.88. The molecule has 9 heteroatoms. The second-order valence-electron chi connectivity index (χ2n) is 9.71. The van der Waals surface area contributed by atoms with Gasteiger partial charge in [0, 0.05) is 50.0 Å². The Balaban J connectivity index is 1.62. The van der Waals surface area contributed by atoms with Gasteiger partial charge in [-0.05, 0) is 51.5 Å². The number of aryl methyl sites for hydroxylation is 1. The molecular formula is C29H35FN4O4. The van der Waals surface area contributed by atoms with Crippen molar-refractivity contribution in [3.05, 3.63) is 82.3 Å². The molecule has 0 bridgehead atoms. The van der Waals surface area contributed by atoms with Crippen molar-refractivity contribution < 1.29 is 23.5 Å². The number of carbonyl (C=O) groups is 3. The van der Waals surface area contributed by atoms with Crippen molar-refractivity contribution in [2.75, 3.05) is 39.3 Å². The number of nitrogens with zero attached hydrogens (tertiary/aromatic N) is 3. The number of benzene rings is 2.